The maximum Gasteiger partial charge on any atom is 0.273 e. The third-order valence-electron chi connectivity index (χ3n) is 5.16. The molecule has 3 unspecified atom stereocenters. The normalized spacial score (nSPS) is 23.1. The quantitative estimate of drug-likeness (QED) is 0.412. The van der Waals surface area contributed by atoms with Crippen molar-refractivity contribution in [2.45, 2.75) is 18.4 Å². The van der Waals surface area contributed by atoms with Crippen molar-refractivity contribution in [3.8, 4) is 5.75 Å². The van der Waals surface area contributed by atoms with Crippen molar-refractivity contribution in [1.29, 1.82) is 0 Å². The number of hydrogen-bond acceptors (Lipinski definition) is 4. The fourth-order valence-electron chi connectivity index (χ4n) is 3.99. The molecule has 0 aromatic heterocycles. The number of nitro groups is 1. The molecule has 3 atom stereocenters. The minimum atomic E-state index is -0.392. The van der Waals surface area contributed by atoms with Crippen molar-refractivity contribution in [1.82, 2.24) is 0 Å². The van der Waals surface area contributed by atoms with E-state index < -0.39 is 4.92 Å². The zero-order valence-electron chi connectivity index (χ0n) is 13.9. The number of allylic oxidation sites excluding steroid dienone is 2. The van der Waals surface area contributed by atoms with Gasteiger partial charge in [-0.15, -0.1) is 0 Å². The van der Waals surface area contributed by atoms with E-state index in [1.165, 1.54) is 13.2 Å². The fourth-order valence-corrected chi connectivity index (χ4v) is 4.41. The topological polar surface area (TPSA) is 64.4 Å². The lowest BCUT2D eigenvalue weighted by Crippen LogP contribution is -2.29. The SMILES string of the molecule is COc1cc([N+](=O)[O-])cc2c1NC(c1cccc(Cl)c1Cl)C1CC=CC21. The van der Waals surface area contributed by atoms with Gasteiger partial charge in [0.1, 0.15) is 5.75 Å². The van der Waals surface area contributed by atoms with E-state index in [4.69, 9.17) is 27.9 Å². The highest BCUT2D eigenvalue weighted by molar-refractivity contribution is 6.42. The molecule has 2 aromatic carbocycles. The van der Waals surface area contributed by atoms with E-state index in [1.54, 1.807) is 12.1 Å². The lowest BCUT2D eigenvalue weighted by Gasteiger charge is -2.38. The van der Waals surface area contributed by atoms with Crippen LogP contribution in [0.3, 0.4) is 0 Å². The van der Waals surface area contributed by atoms with Gasteiger partial charge in [-0.25, -0.2) is 0 Å². The van der Waals surface area contributed by atoms with E-state index in [2.05, 4.69) is 17.5 Å². The monoisotopic (exact) mass is 390 g/mol. The number of nitro benzene ring substituents is 1. The molecule has 5 nitrogen and oxygen atoms in total. The van der Waals surface area contributed by atoms with E-state index >= 15 is 0 Å². The molecule has 0 radical (unpaired) electrons. The molecule has 26 heavy (non-hydrogen) atoms. The molecule has 1 heterocycles. The molecular weight excluding hydrogens is 375 g/mol. The Morgan fingerprint density at radius 1 is 1.27 bits per heavy atom. The summed E-state index contributed by atoms with van der Waals surface area (Å²) in [6, 6.07) is 8.62. The highest BCUT2D eigenvalue weighted by Gasteiger charge is 2.41. The molecule has 0 saturated heterocycles. The van der Waals surface area contributed by atoms with Crippen molar-refractivity contribution < 1.29 is 9.66 Å². The van der Waals surface area contributed by atoms with Crippen LogP contribution in [-0.2, 0) is 0 Å². The zero-order valence-corrected chi connectivity index (χ0v) is 15.4. The first-order valence-corrected chi connectivity index (χ1v) is 9.00. The van der Waals surface area contributed by atoms with E-state index in [0.717, 1.165) is 23.2 Å². The number of nitrogens with one attached hydrogen (secondary N) is 1. The smallest absolute Gasteiger partial charge is 0.273 e. The van der Waals surface area contributed by atoms with E-state index in [-0.39, 0.29) is 23.6 Å². The number of methoxy groups -OCH3 is 1. The molecule has 1 aliphatic heterocycles. The molecule has 0 saturated carbocycles. The molecule has 0 bridgehead atoms. The van der Waals surface area contributed by atoms with Crippen LogP contribution in [-0.4, -0.2) is 12.0 Å². The van der Waals surface area contributed by atoms with Crippen LogP contribution in [0.2, 0.25) is 10.0 Å². The van der Waals surface area contributed by atoms with Crippen LogP contribution in [0.1, 0.15) is 29.5 Å². The molecular formula is C19H16Cl2N2O3. The number of hydrogen-bond donors (Lipinski definition) is 1. The summed E-state index contributed by atoms with van der Waals surface area (Å²) in [7, 11) is 1.51. The van der Waals surface area contributed by atoms with Gasteiger partial charge in [0.25, 0.3) is 5.69 Å². The Hall–Kier alpha value is -2.24. The maximum absolute atomic E-state index is 11.3. The Morgan fingerprint density at radius 2 is 2.08 bits per heavy atom. The van der Waals surface area contributed by atoms with E-state index in [9.17, 15) is 10.1 Å². The fraction of sp³-hybridized carbons (Fsp3) is 0.263. The first-order valence-electron chi connectivity index (χ1n) is 8.24. The summed E-state index contributed by atoms with van der Waals surface area (Å²) in [5.74, 6) is 0.710. The Labute approximate surface area is 160 Å². The molecule has 134 valence electrons. The van der Waals surface area contributed by atoms with Crippen LogP contribution >= 0.6 is 23.2 Å². The van der Waals surface area contributed by atoms with Gasteiger partial charge >= 0.3 is 0 Å². The average Bonchev–Trinajstić information content (AvgIpc) is 3.12. The van der Waals surface area contributed by atoms with Gasteiger partial charge < -0.3 is 10.1 Å². The molecule has 1 N–H and O–H groups in total. The Kier molecular flexibility index (Phi) is 4.29. The van der Waals surface area contributed by atoms with Gasteiger partial charge in [0.15, 0.2) is 0 Å². The zero-order chi connectivity index (χ0) is 18.4. The summed E-state index contributed by atoms with van der Waals surface area (Å²) in [6.45, 7) is 0. The average molecular weight is 391 g/mol. The molecule has 2 aliphatic rings. The standard InChI is InChI=1S/C19H16Cl2N2O3/c1-26-16-9-10(23(24)25)8-14-11-4-2-5-12(11)18(22-19(14)16)13-6-3-7-15(20)17(13)21/h2-4,6-9,11-12,18,22H,5H2,1H3. The largest absolute Gasteiger partial charge is 0.494 e. The third-order valence-corrected chi connectivity index (χ3v) is 6.00. The van der Waals surface area contributed by atoms with Crippen molar-refractivity contribution in [3.63, 3.8) is 0 Å². The van der Waals surface area contributed by atoms with Gasteiger partial charge in [0.05, 0.1) is 39.9 Å². The highest BCUT2D eigenvalue weighted by Crippen LogP contribution is 2.54. The Balaban J connectivity index is 1.88. The van der Waals surface area contributed by atoms with Crippen LogP contribution in [0.4, 0.5) is 11.4 Å². The molecule has 7 heteroatoms. The first-order chi connectivity index (χ1) is 12.5. The number of rotatable bonds is 3. The lowest BCUT2D eigenvalue weighted by atomic mass is 9.76. The number of anilines is 1. The van der Waals surface area contributed by atoms with Gasteiger partial charge in [-0.3, -0.25) is 10.1 Å². The number of halogens is 2. The molecule has 1 aliphatic carbocycles. The van der Waals surface area contributed by atoms with Crippen molar-refractivity contribution in [2.24, 2.45) is 5.92 Å². The second kappa shape index (κ2) is 6.49. The number of benzene rings is 2. The number of non-ortho nitro benzene ring substituents is 1. The maximum atomic E-state index is 11.3. The molecule has 4 rings (SSSR count). The minimum absolute atomic E-state index is 0.0284. The van der Waals surface area contributed by atoms with Crippen molar-refractivity contribution in [2.75, 3.05) is 12.4 Å². The van der Waals surface area contributed by atoms with Gasteiger partial charge in [0, 0.05) is 12.0 Å². The predicted molar refractivity (Wildman–Crippen MR) is 102 cm³/mol. The van der Waals surface area contributed by atoms with E-state index in [1.807, 2.05) is 12.1 Å². The van der Waals surface area contributed by atoms with Crippen LogP contribution in [0, 0.1) is 16.0 Å². The Bertz CT molecular complexity index is 929. The van der Waals surface area contributed by atoms with Gasteiger partial charge in [-0.2, -0.15) is 0 Å². The van der Waals surface area contributed by atoms with Crippen molar-refractivity contribution >= 4 is 34.6 Å². The van der Waals surface area contributed by atoms with Crippen molar-refractivity contribution in [3.05, 3.63) is 73.8 Å². The van der Waals surface area contributed by atoms with Crippen LogP contribution in [0.5, 0.6) is 5.75 Å². The Morgan fingerprint density at radius 3 is 2.81 bits per heavy atom. The second-order valence-electron chi connectivity index (χ2n) is 6.49. The highest BCUT2D eigenvalue weighted by atomic mass is 35.5. The van der Waals surface area contributed by atoms with Crippen LogP contribution < -0.4 is 10.1 Å². The first kappa shape index (κ1) is 17.2. The van der Waals surface area contributed by atoms with E-state index in [0.29, 0.717) is 15.8 Å². The van der Waals surface area contributed by atoms with Gasteiger partial charge in [-0.05, 0) is 29.5 Å². The summed E-state index contributed by atoms with van der Waals surface area (Å²) in [5.41, 5.74) is 2.60. The van der Waals surface area contributed by atoms with Crippen LogP contribution in [0.25, 0.3) is 0 Å². The molecule has 0 fully saturated rings. The summed E-state index contributed by atoms with van der Waals surface area (Å²) < 4.78 is 5.44. The molecule has 0 amide bonds. The second-order valence-corrected chi connectivity index (χ2v) is 7.27. The number of nitrogens with zero attached hydrogens (tertiary/aromatic N) is 1. The van der Waals surface area contributed by atoms with Crippen LogP contribution in [0.15, 0.2) is 42.5 Å². The number of fused-ring (bicyclic) bond motifs is 3. The summed E-state index contributed by atoms with van der Waals surface area (Å²) in [6.07, 6.45) is 5.08. The summed E-state index contributed by atoms with van der Waals surface area (Å²) in [5, 5.41) is 15.8. The molecule has 0 spiro atoms. The summed E-state index contributed by atoms with van der Waals surface area (Å²) in [4.78, 5) is 10.9. The lowest BCUT2D eigenvalue weighted by molar-refractivity contribution is -0.385. The molecule has 2 aromatic rings. The summed E-state index contributed by atoms with van der Waals surface area (Å²) >= 11 is 12.7. The van der Waals surface area contributed by atoms with Gasteiger partial charge in [0.2, 0.25) is 0 Å². The minimum Gasteiger partial charge on any atom is -0.494 e. The number of ether oxygens (including phenoxy) is 1. The predicted octanol–water partition coefficient (Wildman–Crippen LogP) is 5.74. The van der Waals surface area contributed by atoms with Gasteiger partial charge in [-0.1, -0.05) is 47.5 Å². The third kappa shape index (κ3) is 2.63.